The van der Waals surface area contributed by atoms with Crippen molar-refractivity contribution in [2.24, 2.45) is 5.16 Å². The summed E-state index contributed by atoms with van der Waals surface area (Å²) in [4.78, 5) is 5.86. The third-order valence-corrected chi connectivity index (χ3v) is 4.22. The van der Waals surface area contributed by atoms with E-state index in [2.05, 4.69) is 53.7 Å². The van der Waals surface area contributed by atoms with E-state index in [4.69, 9.17) is 4.84 Å². The summed E-state index contributed by atoms with van der Waals surface area (Å²) in [5.74, 6) is 0.0981. The lowest BCUT2D eigenvalue weighted by atomic mass is 9.83. The number of hydrogen-bond donors (Lipinski definition) is 0. The van der Waals surface area contributed by atoms with Crippen LogP contribution in [0, 0.1) is 0 Å². The van der Waals surface area contributed by atoms with Crippen LogP contribution in [0.15, 0.2) is 96.2 Å². The summed E-state index contributed by atoms with van der Waals surface area (Å²) in [6.07, 6.45) is -0.0891. The highest BCUT2D eigenvalue weighted by molar-refractivity contribution is 6.06. The van der Waals surface area contributed by atoms with E-state index in [1.165, 1.54) is 5.56 Å². The van der Waals surface area contributed by atoms with Crippen molar-refractivity contribution in [3.05, 3.63) is 108 Å². The summed E-state index contributed by atoms with van der Waals surface area (Å²) < 4.78 is 0. The summed E-state index contributed by atoms with van der Waals surface area (Å²) in [5, 5.41) is 4.44. The van der Waals surface area contributed by atoms with E-state index in [-0.39, 0.29) is 12.0 Å². The predicted molar refractivity (Wildman–Crippen MR) is 92.4 cm³/mol. The molecule has 0 aliphatic carbocycles. The van der Waals surface area contributed by atoms with Crippen molar-refractivity contribution in [1.82, 2.24) is 0 Å². The van der Waals surface area contributed by atoms with E-state index < -0.39 is 0 Å². The quantitative estimate of drug-likeness (QED) is 0.671. The molecule has 1 heterocycles. The third kappa shape index (κ3) is 2.64. The molecule has 3 aromatic carbocycles. The lowest BCUT2D eigenvalue weighted by Gasteiger charge is -2.20. The minimum atomic E-state index is -0.0891. The number of benzene rings is 3. The van der Waals surface area contributed by atoms with Crippen LogP contribution in [0.2, 0.25) is 0 Å². The van der Waals surface area contributed by atoms with Gasteiger partial charge in [-0.25, -0.2) is 0 Å². The van der Waals surface area contributed by atoms with Gasteiger partial charge in [0.1, 0.15) is 0 Å². The van der Waals surface area contributed by atoms with Crippen LogP contribution in [-0.4, -0.2) is 5.71 Å². The molecule has 0 amide bonds. The zero-order chi connectivity index (χ0) is 15.5. The smallest absolute Gasteiger partial charge is 0.165 e. The van der Waals surface area contributed by atoms with Gasteiger partial charge in [0, 0.05) is 5.56 Å². The van der Waals surface area contributed by atoms with Gasteiger partial charge >= 0.3 is 0 Å². The molecular weight excluding hydrogens is 282 g/mol. The SMILES string of the molecule is c1ccc(C2=NO[C@H](c3ccccc3)[C@@H]2c2ccccc2)cc1. The average molecular weight is 299 g/mol. The van der Waals surface area contributed by atoms with Gasteiger partial charge < -0.3 is 4.84 Å². The number of hydrogen-bond acceptors (Lipinski definition) is 2. The third-order valence-electron chi connectivity index (χ3n) is 4.22. The number of oxime groups is 1. The molecule has 23 heavy (non-hydrogen) atoms. The van der Waals surface area contributed by atoms with Gasteiger partial charge in [-0.2, -0.15) is 0 Å². The van der Waals surface area contributed by atoms with Gasteiger partial charge in [0.2, 0.25) is 0 Å². The van der Waals surface area contributed by atoms with E-state index in [1.807, 2.05) is 42.5 Å². The molecule has 1 aliphatic rings. The second kappa shape index (κ2) is 6.09. The zero-order valence-electron chi connectivity index (χ0n) is 12.7. The van der Waals surface area contributed by atoms with Gasteiger partial charge in [-0.1, -0.05) is 96.2 Å². The Balaban J connectivity index is 1.79. The highest BCUT2D eigenvalue weighted by atomic mass is 16.6. The molecule has 0 bridgehead atoms. The van der Waals surface area contributed by atoms with Crippen molar-refractivity contribution in [2.75, 3.05) is 0 Å². The van der Waals surface area contributed by atoms with Crippen LogP contribution >= 0.6 is 0 Å². The molecule has 4 rings (SSSR count). The maximum Gasteiger partial charge on any atom is 0.165 e. The molecule has 0 saturated heterocycles. The Morgan fingerprint density at radius 3 is 1.74 bits per heavy atom. The van der Waals surface area contributed by atoms with Crippen LogP contribution in [0.25, 0.3) is 0 Å². The molecule has 1 aliphatic heterocycles. The molecule has 0 aromatic heterocycles. The van der Waals surface area contributed by atoms with Crippen LogP contribution in [0.3, 0.4) is 0 Å². The highest BCUT2D eigenvalue weighted by Crippen LogP contribution is 2.41. The minimum absolute atomic E-state index is 0.0891. The van der Waals surface area contributed by atoms with Gasteiger partial charge in [-0.3, -0.25) is 0 Å². The standard InChI is InChI=1S/C21H17NO/c1-4-10-16(11-5-1)19-20(17-12-6-2-7-13-17)22-23-21(19)18-14-8-3-9-15-18/h1-15,19,21H/t19-,21-/m1/s1. The van der Waals surface area contributed by atoms with Crippen molar-refractivity contribution < 1.29 is 4.84 Å². The number of nitrogens with zero attached hydrogens (tertiary/aromatic N) is 1. The fourth-order valence-corrected chi connectivity index (χ4v) is 3.10. The summed E-state index contributed by atoms with van der Waals surface area (Å²) in [5.41, 5.74) is 4.47. The second-order valence-electron chi connectivity index (χ2n) is 5.67. The van der Waals surface area contributed by atoms with Gasteiger partial charge in [0.05, 0.1) is 11.6 Å². The lowest BCUT2D eigenvalue weighted by molar-refractivity contribution is 0.0763. The Hall–Kier alpha value is -2.87. The maximum atomic E-state index is 5.86. The Morgan fingerprint density at radius 1 is 0.609 bits per heavy atom. The molecule has 112 valence electrons. The highest BCUT2D eigenvalue weighted by Gasteiger charge is 2.37. The van der Waals surface area contributed by atoms with E-state index in [0.717, 1.165) is 16.8 Å². The molecule has 2 nitrogen and oxygen atoms in total. The fourth-order valence-electron chi connectivity index (χ4n) is 3.10. The first-order valence-electron chi connectivity index (χ1n) is 7.82. The summed E-state index contributed by atoms with van der Waals surface area (Å²) in [6.45, 7) is 0. The maximum absolute atomic E-state index is 5.86. The molecule has 2 atom stereocenters. The van der Waals surface area contributed by atoms with E-state index in [1.54, 1.807) is 0 Å². The van der Waals surface area contributed by atoms with Crippen molar-refractivity contribution in [3.8, 4) is 0 Å². The summed E-state index contributed by atoms with van der Waals surface area (Å²) >= 11 is 0. The van der Waals surface area contributed by atoms with Crippen molar-refractivity contribution in [2.45, 2.75) is 12.0 Å². The van der Waals surface area contributed by atoms with Crippen LogP contribution < -0.4 is 0 Å². The Kier molecular flexibility index (Phi) is 3.65. The van der Waals surface area contributed by atoms with E-state index in [0.29, 0.717) is 0 Å². The van der Waals surface area contributed by atoms with Gasteiger partial charge in [0.15, 0.2) is 6.10 Å². The van der Waals surface area contributed by atoms with E-state index >= 15 is 0 Å². The van der Waals surface area contributed by atoms with Crippen molar-refractivity contribution in [1.29, 1.82) is 0 Å². The van der Waals surface area contributed by atoms with Gasteiger partial charge in [0.25, 0.3) is 0 Å². The van der Waals surface area contributed by atoms with Crippen molar-refractivity contribution in [3.63, 3.8) is 0 Å². The zero-order valence-corrected chi connectivity index (χ0v) is 12.7. The first-order valence-corrected chi connectivity index (χ1v) is 7.82. The normalized spacial score (nSPS) is 19.9. The summed E-state index contributed by atoms with van der Waals surface area (Å²) in [7, 11) is 0. The second-order valence-corrected chi connectivity index (χ2v) is 5.67. The van der Waals surface area contributed by atoms with Crippen LogP contribution in [0.1, 0.15) is 28.7 Å². The molecule has 0 radical (unpaired) electrons. The van der Waals surface area contributed by atoms with E-state index in [9.17, 15) is 0 Å². The van der Waals surface area contributed by atoms with Crippen LogP contribution in [0.4, 0.5) is 0 Å². The molecular formula is C21H17NO. The topological polar surface area (TPSA) is 21.6 Å². The number of rotatable bonds is 3. The largest absolute Gasteiger partial charge is 0.386 e. The van der Waals surface area contributed by atoms with Gasteiger partial charge in [-0.15, -0.1) is 0 Å². The molecule has 0 saturated carbocycles. The van der Waals surface area contributed by atoms with Crippen LogP contribution in [-0.2, 0) is 4.84 Å². The monoisotopic (exact) mass is 299 g/mol. The molecule has 0 spiro atoms. The molecule has 2 heteroatoms. The Labute approximate surface area is 136 Å². The fraction of sp³-hybridized carbons (Fsp3) is 0.0952. The van der Waals surface area contributed by atoms with Gasteiger partial charge in [-0.05, 0) is 11.1 Å². The Bertz CT molecular complexity index is 797. The minimum Gasteiger partial charge on any atom is -0.386 e. The van der Waals surface area contributed by atoms with Crippen molar-refractivity contribution >= 4 is 5.71 Å². The average Bonchev–Trinajstić information content (AvgIpc) is 3.09. The predicted octanol–water partition coefficient (Wildman–Crippen LogP) is 4.95. The summed E-state index contributed by atoms with van der Waals surface area (Å²) in [6, 6.07) is 31.1. The molecule has 0 fully saturated rings. The lowest BCUT2D eigenvalue weighted by Crippen LogP contribution is -2.16. The van der Waals surface area contributed by atoms with Crippen LogP contribution in [0.5, 0.6) is 0 Å². The molecule has 3 aromatic rings. The first kappa shape index (κ1) is 13.8. The molecule has 0 N–H and O–H groups in total. The molecule has 0 unspecified atom stereocenters. The first-order chi connectivity index (χ1) is 11.4. The Morgan fingerprint density at radius 2 is 1.13 bits per heavy atom.